The zero-order chi connectivity index (χ0) is 16.7. The summed E-state index contributed by atoms with van der Waals surface area (Å²) in [5, 5.41) is 0. The average molecular weight is 339 g/mol. The van der Waals surface area contributed by atoms with Crippen LogP contribution in [0.2, 0.25) is 0 Å². The van der Waals surface area contributed by atoms with Crippen LogP contribution in [0.3, 0.4) is 0 Å². The summed E-state index contributed by atoms with van der Waals surface area (Å²) in [6.45, 7) is 2.41. The molecule has 0 aromatic rings. The number of rotatable bonds is 2. The highest BCUT2D eigenvalue weighted by atomic mass is 19.2. The fraction of sp³-hybridized carbons (Fsp3) is 1.00. The van der Waals surface area contributed by atoms with E-state index in [1.54, 1.807) is 0 Å². The molecule has 0 heterocycles. The molecule has 24 heavy (non-hydrogen) atoms. The van der Waals surface area contributed by atoms with Crippen molar-refractivity contribution < 1.29 is 8.78 Å². The summed E-state index contributed by atoms with van der Waals surface area (Å²) in [6, 6.07) is 0. The quantitative estimate of drug-likeness (QED) is 0.523. The Labute approximate surface area is 147 Å². The minimum atomic E-state index is -1.17. The van der Waals surface area contributed by atoms with Crippen molar-refractivity contribution in [3.05, 3.63) is 0 Å². The fourth-order valence-corrected chi connectivity index (χ4v) is 6.95. The number of halogens is 2. The minimum Gasteiger partial charge on any atom is -0.244 e. The summed E-state index contributed by atoms with van der Waals surface area (Å²) in [5.41, 5.74) is 0. The van der Waals surface area contributed by atoms with Crippen molar-refractivity contribution in [3.8, 4) is 0 Å². The molecule has 0 bridgehead atoms. The van der Waals surface area contributed by atoms with Gasteiger partial charge in [-0.2, -0.15) is 0 Å². The van der Waals surface area contributed by atoms with Gasteiger partial charge in [0.1, 0.15) is 12.3 Å². The standard InChI is InChI=1S/C22H36F2/c1-14-2-4-15(5-3-14)16-6-8-17(9-7-16)19-12-18-10-11-21(23)22(24)20(18)13-19/h14-22H,2-13H2,1H3. The minimum absolute atomic E-state index is 0.0521. The lowest BCUT2D eigenvalue weighted by atomic mass is 9.67. The predicted octanol–water partition coefficient (Wildman–Crippen LogP) is 6.73. The second-order valence-corrected chi connectivity index (χ2v) is 9.89. The topological polar surface area (TPSA) is 0 Å². The van der Waals surface area contributed by atoms with Crippen LogP contribution in [0.4, 0.5) is 8.78 Å². The molecule has 0 aliphatic heterocycles. The first-order valence-electron chi connectivity index (χ1n) is 10.9. The summed E-state index contributed by atoms with van der Waals surface area (Å²) in [5.74, 6) is 4.99. The van der Waals surface area contributed by atoms with E-state index in [4.69, 9.17) is 0 Å². The molecule has 5 atom stereocenters. The maximum Gasteiger partial charge on any atom is 0.134 e. The molecule has 138 valence electrons. The van der Waals surface area contributed by atoms with Crippen LogP contribution in [0.15, 0.2) is 0 Å². The van der Waals surface area contributed by atoms with Crippen molar-refractivity contribution in [1.82, 2.24) is 0 Å². The van der Waals surface area contributed by atoms with Crippen molar-refractivity contribution in [1.29, 1.82) is 0 Å². The first-order valence-corrected chi connectivity index (χ1v) is 10.9. The van der Waals surface area contributed by atoms with Crippen molar-refractivity contribution in [2.75, 3.05) is 0 Å². The second-order valence-electron chi connectivity index (χ2n) is 9.89. The predicted molar refractivity (Wildman–Crippen MR) is 95.3 cm³/mol. The molecule has 0 amide bonds. The summed E-state index contributed by atoms with van der Waals surface area (Å²) in [7, 11) is 0. The Morgan fingerprint density at radius 3 is 1.67 bits per heavy atom. The monoisotopic (exact) mass is 338 g/mol. The van der Waals surface area contributed by atoms with E-state index in [1.807, 2.05) is 0 Å². The number of alkyl halides is 2. The van der Waals surface area contributed by atoms with Gasteiger partial charge in [-0.3, -0.25) is 0 Å². The Balaban J connectivity index is 1.27. The third-order valence-electron chi connectivity index (χ3n) is 8.56. The third-order valence-corrected chi connectivity index (χ3v) is 8.56. The molecule has 0 radical (unpaired) electrons. The molecule has 4 aliphatic rings. The Kier molecular flexibility index (Phi) is 5.21. The van der Waals surface area contributed by atoms with Crippen LogP contribution < -0.4 is 0 Å². The summed E-state index contributed by atoms with van der Waals surface area (Å²) < 4.78 is 27.9. The van der Waals surface area contributed by atoms with Crippen LogP contribution in [0.25, 0.3) is 0 Å². The van der Waals surface area contributed by atoms with Gasteiger partial charge in [0, 0.05) is 0 Å². The van der Waals surface area contributed by atoms with Gasteiger partial charge in [0.15, 0.2) is 0 Å². The summed E-state index contributed by atoms with van der Waals surface area (Å²) in [4.78, 5) is 0. The molecular weight excluding hydrogens is 302 g/mol. The van der Waals surface area contributed by atoms with Gasteiger partial charge < -0.3 is 0 Å². The highest BCUT2D eigenvalue weighted by molar-refractivity contribution is 4.97. The highest BCUT2D eigenvalue weighted by Gasteiger charge is 2.47. The number of hydrogen-bond donors (Lipinski definition) is 0. The molecule has 0 saturated heterocycles. The molecule has 5 unspecified atom stereocenters. The van der Waals surface area contributed by atoms with Crippen LogP contribution in [-0.2, 0) is 0 Å². The molecule has 4 fully saturated rings. The van der Waals surface area contributed by atoms with E-state index in [9.17, 15) is 8.78 Å². The first kappa shape index (κ1) is 17.3. The van der Waals surface area contributed by atoms with Crippen LogP contribution >= 0.6 is 0 Å². The van der Waals surface area contributed by atoms with Gasteiger partial charge in [0.25, 0.3) is 0 Å². The Bertz CT molecular complexity index is 406. The van der Waals surface area contributed by atoms with E-state index in [2.05, 4.69) is 6.92 Å². The maximum atomic E-state index is 14.2. The van der Waals surface area contributed by atoms with Crippen LogP contribution in [0.5, 0.6) is 0 Å². The van der Waals surface area contributed by atoms with Gasteiger partial charge in [-0.25, -0.2) is 8.78 Å². The van der Waals surface area contributed by atoms with Crippen LogP contribution in [0, 0.1) is 41.4 Å². The molecule has 4 aliphatic carbocycles. The fourth-order valence-electron chi connectivity index (χ4n) is 6.95. The van der Waals surface area contributed by atoms with Crippen molar-refractivity contribution in [2.24, 2.45) is 41.4 Å². The summed E-state index contributed by atoms with van der Waals surface area (Å²) in [6.07, 6.45) is 12.7. The highest BCUT2D eigenvalue weighted by Crippen LogP contribution is 2.52. The van der Waals surface area contributed by atoms with Gasteiger partial charge in [-0.15, -0.1) is 0 Å². The number of hydrogen-bond acceptors (Lipinski definition) is 0. The first-order chi connectivity index (χ1) is 11.6. The molecule has 4 rings (SSSR count). The third kappa shape index (κ3) is 3.40. The summed E-state index contributed by atoms with van der Waals surface area (Å²) >= 11 is 0. The lowest BCUT2D eigenvalue weighted by Gasteiger charge is -2.39. The zero-order valence-electron chi connectivity index (χ0n) is 15.4. The average Bonchev–Trinajstić information content (AvgIpc) is 3.04. The lowest BCUT2D eigenvalue weighted by molar-refractivity contribution is 0.0424. The van der Waals surface area contributed by atoms with Gasteiger partial charge >= 0.3 is 0 Å². The molecule has 4 saturated carbocycles. The van der Waals surface area contributed by atoms with E-state index in [0.717, 1.165) is 36.5 Å². The molecule has 0 aromatic carbocycles. The lowest BCUT2D eigenvalue weighted by Crippen LogP contribution is -2.34. The van der Waals surface area contributed by atoms with Crippen molar-refractivity contribution >= 4 is 0 Å². The molecule has 0 N–H and O–H groups in total. The molecule has 0 nitrogen and oxygen atoms in total. The van der Waals surface area contributed by atoms with Crippen LogP contribution in [-0.4, -0.2) is 12.3 Å². The van der Waals surface area contributed by atoms with E-state index in [-0.39, 0.29) is 5.92 Å². The van der Waals surface area contributed by atoms with Crippen molar-refractivity contribution in [3.63, 3.8) is 0 Å². The number of fused-ring (bicyclic) bond motifs is 1. The Hall–Kier alpha value is -0.140. The molecule has 0 spiro atoms. The molecule has 0 aromatic heterocycles. The van der Waals surface area contributed by atoms with Gasteiger partial charge in [0.2, 0.25) is 0 Å². The van der Waals surface area contributed by atoms with Gasteiger partial charge in [-0.05, 0) is 106 Å². The second kappa shape index (κ2) is 7.23. The smallest absolute Gasteiger partial charge is 0.134 e. The van der Waals surface area contributed by atoms with Gasteiger partial charge in [0.05, 0.1) is 0 Å². The van der Waals surface area contributed by atoms with E-state index < -0.39 is 12.3 Å². The van der Waals surface area contributed by atoms with E-state index in [1.165, 1.54) is 57.8 Å². The van der Waals surface area contributed by atoms with E-state index >= 15 is 0 Å². The van der Waals surface area contributed by atoms with Crippen LogP contribution in [0.1, 0.15) is 84.0 Å². The van der Waals surface area contributed by atoms with Crippen molar-refractivity contribution in [2.45, 2.75) is 96.3 Å². The van der Waals surface area contributed by atoms with E-state index in [0.29, 0.717) is 18.3 Å². The molecule has 2 heteroatoms. The maximum absolute atomic E-state index is 14.2. The Morgan fingerprint density at radius 2 is 1.04 bits per heavy atom. The normalized spacial score (nSPS) is 52.9. The molecular formula is C22H36F2. The SMILES string of the molecule is CC1CCC(C2CCC(C3CC4CCC(F)C(F)C4C3)CC2)CC1. The van der Waals surface area contributed by atoms with Gasteiger partial charge in [-0.1, -0.05) is 19.8 Å². The largest absolute Gasteiger partial charge is 0.244 e. The zero-order valence-corrected chi connectivity index (χ0v) is 15.4. The Morgan fingerprint density at radius 1 is 0.542 bits per heavy atom.